The van der Waals surface area contributed by atoms with Gasteiger partial charge in [-0.05, 0) is 80.2 Å². The van der Waals surface area contributed by atoms with Gasteiger partial charge in [-0.15, -0.1) is 12.4 Å². The van der Waals surface area contributed by atoms with Crippen molar-refractivity contribution < 1.29 is 19.7 Å². The van der Waals surface area contributed by atoms with Crippen molar-refractivity contribution in [1.29, 1.82) is 0 Å². The second-order valence-electron chi connectivity index (χ2n) is 13.0. The van der Waals surface area contributed by atoms with Gasteiger partial charge in [0, 0.05) is 29.7 Å². The maximum absolute atomic E-state index is 13.8. The Labute approximate surface area is 240 Å². The Bertz CT molecular complexity index is 1520. The van der Waals surface area contributed by atoms with Crippen LogP contribution < -0.4 is 10.1 Å². The number of aliphatic hydroxyl groups is 1. The first-order chi connectivity index (χ1) is 18.8. The quantitative estimate of drug-likeness (QED) is 0.358. The fourth-order valence-corrected chi connectivity index (χ4v) is 8.72. The summed E-state index contributed by atoms with van der Waals surface area (Å²) >= 11 is 0. The van der Waals surface area contributed by atoms with E-state index in [9.17, 15) is 15.0 Å². The number of carbonyl (C=O) groups excluding carboxylic acids is 1. The second kappa shape index (κ2) is 8.88. The summed E-state index contributed by atoms with van der Waals surface area (Å²) in [5.74, 6) is 1.61. The number of carbonyl (C=O) groups is 1. The number of likely N-dealkylation sites (tertiary alicyclic amines) is 1. The first-order valence-corrected chi connectivity index (χ1v) is 14.7. The van der Waals surface area contributed by atoms with Crippen LogP contribution in [0, 0.1) is 5.92 Å². The predicted octanol–water partition coefficient (Wildman–Crippen LogP) is 4.78. The van der Waals surface area contributed by atoms with Crippen LogP contribution in [-0.2, 0) is 11.8 Å². The van der Waals surface area contributed by atoms with Gasteiger partial charge in [-0.2, -0.15) is 0 Å². The van der Waals surface area contributed by atoms with Gasteiger partial charge < -0.3 is 25.3 Å². The number of H-pyrrole nitrogens is 1. The standard InChI is InChI=1S/C32H37N3O4.ClH/c1-17(2)22-15-33-27-20(22)4-3-5-21(27)30(37)34-23-10-11-32(38)25-14-19-8-9-24(36)28-26(19)31(32,29(23)39-28)12-13-35(25)16-18-6-7-18;/h3-5,8-9,15,17-18,23,25,29,33,36,38H,6-7,10-14,16H2,1-2H3,(H,34,37);1H/t23-,25-,29+,31+,32-;/m1./s1. The maximum atomic E-state index is 13.8. The summed E-state index contributed by atoms with van der Waals surface area (Å²) in [5.41, 5.74) is 3.24. The lowest BCUT2D eigenvalue weighted by atomic mass is 9.48. The molecule has 2 aliphatic heterocycles. The van der Waals surface area contributed by atoms with Crippen molar-refractivity contribution in [3.63, 3.8) is 0 Å². The number of nitrogens with one attached hydrogen (secondary N) is 2. The average molecular weight is 564 g/mol. The summed E-state index contributed by atoms with van der Waals surface area (Å²) in [6, 6.07) is 9.39. The summed E-state index contributed by atoms with van der Waals surface area (Å²) in [6.45, 7) is 6.26. The highest BCUT2D eigenvalue weighted by Gasteiger charge is 2.73. The Kier molecular flexibility index (Phi) is 5.81. The number of para-hydroxylation sites is 1. The van der Waals surface area contributed by atoms with E-state index in [2.05, 4.69) is 35.1 Å². The molecule has 0 unspecified atom stereocenters. The highest BCUT2D eigenvalue weighted by molar-refractivity contribution is 6.06. The molecule has 1 aromatic heterocycles. The van der Waals surface area contributed by atoms with E-state index in [4.69, 9.17) is 4.74 Å². The molecule has 3 aromatic rings. The Hall–Kier alpha value is -2.74. The van der Waals surface area contributed by atoms with Gasteiger partial charge in [0.1, 0.15) is 6.10 Å². The molecule has 2 bridgehead atoms. The second-order valence-corrected chi connectivity index (χ2v) is 13.0. The molecule has 3 aliphatic carbocycles. The predicted molar refractivity (Wildman–Crippen MR) is 156 cm³/mol. The van der Waals surface area contributed by atoms with Crippen LogP contribution in [0.3, 0.4) is 0 Å². The van der Waals surface area contributed by atoms with E-state index in [-0.39, 0.29) is 36.1 Å². The largest absolute Gasteiger partial charge is 0.504 e. The van der Waals surface area contributed by atoms with E-state index >= 15 is 0 Å². The van der Waals surface area contributed by atoms with Crippen LogP contribution in [-0.4, -0.2) is 62.9 Å². The molecule has 1 saturated heterocycles. The van der Waals surface area contributed by atoms with Crippen LogP contribution in [0.5, 0.6) is 11.5 Å². The lowest BCUT2D eigenvalue weighted by Gasteiger charge is -2.64. The Balaban J connectivity index is 0.00000264. The number of hydrogen-bond donors (Lipinski definition) is 4. The number of phenols is 1. The van der Waals surface area contributed by atoms with Crippen LogP contribution >= 0.6 is 12.4 Å². The number of phenolic OH excluding ortho intramolecular Hbond substituents is 1. The smallest absolute Gasteiger partial charge is 0.253 e. The van der Waals surface area contributed by atoms with Crippen molar-refractivity contribution in [1.82, 2.24) is 15.2 Å². The molecule has 8 rings (SSSR count). The lowest BCUT2D eigenvalue weighted by molar-refractivity contribution is -0.191. The normalized spacial score (nSPS) is 31.9. The van der Waals surface area contributed by atoms with E-state index in [0.717, 1.165) is 48.3 Å². The van der Waals surface area contributed by atoms with Gasteiger partial charge in [0.05, 0.1) is 28.1 Å². The summed E-state index contributed by atoms with van der Waals surface area (Å²) < 4.78 is 6.62. The molecule has 2 saturated carbocycles. The molecule has 5 aliphatic rings. The van der Waals surface area contributed by atoms with Crippen LogP contribution in [0.2, 0.25) is 0 Å². The molecule has 0 radical (unpaired) electrons. The number of aromatic hydroxyl groups is 1. The van der Waals surface area contributed by atoms with E-state index < -0.39 is 17.1 Å². The number of fused-ring (bicyclic) bond motifs is 1. The molecule has 212 valence electrons. The number of nitrogens with zero attached hydrogens (tertiary/aromatic N) is 1. The van der Waals surface area contributed by atoms with Crippen molar-refractivity contribution in [2.24, 2.45) is 5.92 Å². The monoisotopic (exact) mass is 563 g/mol. The zero-order chi connectivity index (χ0) is 26.7. The molecule has 3 heterocycles. The van der Waals surface area contributed by atoms with E-state index in [1.165, 1.54) is 24.0 Å². The van der Waals surface area contributed by atoms with Crippen LogP contribution in [0.1, 0.15) is 78.9 Å². The van der Waals surface area contributed by atoms with E-state index in [0.29, 0.717) is 30.1 Å². The van der Waals surface area contributed by atoms with Crippen molar-refractivity contribution >= 4 is 29.2 Å². The lowest BCUT2D eigenvalue weighted by Crippen LogP contribution is -2.78. The van der Waals surface area contributed by atoms with Crippen molar-refractivity contribution in [3.8, 4) is 11.5 Å². The number of aromatic amines is 1. The van der Waals surface area contributed by atoms with Gasteiger partial charge in [0.15, 0.2) is 11.5 Å². The molecule has 8 heteroatoms. The minimum Gasteiger partial charge on any atom is -0.504 e. The molecular weight excluding hydrogens is 526 g/mol. The third kappa shape index (κ3) is 3.34. The number of ether oxygens (including phenoxy) is 1. The molecule has 1 spiro atoms. The number of rotatable bonds is 5. The molecule has 7 nitrogen and oxygen atoms in total. The average Bonchev–Trinajstić information content (AvgIpc) is 3.49. The van der Waals surface area contributed by atoms with Crippen LogP contribution in [0.25, 0.3) is 10.9 Å². The van der Waals surface area contributed by atoms with Gasteiger partial charge in [-0.1, -0.05) is 32.0 Å². The molecular formula is C32H38ClN3O4. The molecule has 40 heavy (non-hydrogen) atoms. The number of hydrogen-bond acceptors (Lipinski definition) is 5. The number of piperidine rings is 1. The first kappa shape index (κ1) is 26.2. The molecule has 1 amide bonds. The molecule has 2 aromatic carbocycles. The first-order valence-electron chi connectivity index (χ1n) is 14.7. The summed E-state index contributed by atoms with van der Waals surface area (Å²) in [4.78, 5) is 19.7. The maximum Gasteiger partial charge on any atom is 0.253 e. The van der Waals surface area contributed by atoms with Gasteiger partial charge in [-0.3, -0.25) is 9.69 Å². The van der Waals surface area contributed by atoms with Crippen molar-refractivity contribution in [3.05, 3.63) is 58.8 Å². The van der Waals surface area contributed by atoms with E-state index in [1.54, 1.807) is 6.07 Å². The topological polar surface area (TPSA) is 97.8 Å². The summed E-state index contributed by atoms with van der Waals surface area (Å²) in [5, 5.41) is 27.9. The molecule has 4 N–H and O–H groups in total. The van der Waals surface area contributed by atoms with Crippen LogP contribution in [0.4, 0.5) is 0 Å². The number of aromatic nitrogens is 1. The minimum absolute atomic E-state index is 0. The Morgan fingerprint density at radius 2 is 2.02 bits per heavy atom. The fourth-order valence-electron chi connectivity index (χ4n) is 8.72. The molecule has 5 atom stereocenters. The molecule has 3 fully saturated rings. The fraction of sp³-hybridized carbons (Fsp3) is 0.531. The number of halogens is 1. The summed E-state index contributed by atoms with van der Waals surface area (Å²) in [6.07, 6.45) is 6.91. The van der Waals surface area contributed by atoms with Gasteiger partial charge in [0.25, 0.3) is 5.91 Å². The van der Waals surface area contributed by atoms with Gasteiger partial charge >= 0.3 is 0 Å². The van der Waals surface area contributed by atoms with E-state index in [1.807, 2.05) is 24.4 Å². The highest BCUT2D eigenvalue weighted by atomic mass is 35.5. The highest BCUT2D eigenvalue weighted by Crippen LogP contribution is 2.65. The zero-order valence-corrected chi connectivity index (χ0v) is 23.9. The SMILES string of the molecule is CC(C)c1c[nH]c2c(C(=O)N[C@@H]3CC[C@@]4(O)[C@H]5Cc6ccc(O)c7c6[C@@]4(CCN5CC4CC4)[C@H]3O7)cccc12.Cl. The summed E-state index contributed by atoms with van der Waals surface area (Å²) in [7, 11) is 0. The van der Waals surface area contributed by atoms with Crippen molar-refractivity contribution in [2.45, 2.75) is 87.5 Å². The Morgan fingerprint density at radius 3 is 2.80 bits per heavy atom. The zero-order valence-electron chi connectivity index (χ0n) is 23.1. The van der Waals surface area contributed by atoms with Gasteiger partial charge in [-0.25, -0.2) is 0 Å². The third-order valence-electron chi connectivity index (χ3n) is 10.7. The van der Waals surface area contributed by atoms with Crippen molar-refractivity contribution in [2.75, 3.05) is 13.1 Å². The van der Waals surface area contributed by atoms with Crippen LogP contribution in [0.15, 0.2) is 36.5 Å². The Morgan fingerprint density at radius 1 is 1.20 bits per heavy atom. The van der Waals surface area contributed by atoms with Gasteiger partial charge in [0.2, 0.25) is 0 Å². The third-order valence-corrected chi connectivity index (χ3v) is 10.7. The minimum atomic E-state index is -0.955. The number of amides is 1. The number of benzene rings is 2.